The third kappa shape index (κ3) is 6.11. The van der Waals surface area contributed by atoms with E-state index in [0.29, 0.717) is 6.42 Å². The molecule has 0 saturated carbocycles. The lowest BCUT2D eigenvalue weighted by Gasteiger charge is -2.33. The van der Waals surface area contributed by atoms with Crippen LogP contribution in [0.3, 0.4) is 0 Å². The first-order valence-electron chi connectivity index (χ1n) is 6.40. The molecule has 0 saturated heterocycles. The lowest BCUT2D eigenvalue weighted by Crippen LogP contribution is -2.35. The van der Waals surface area contributed by atoms with Gasteiger partial charge in [0.05, 0.1) is 0 Å². The van der Waals surface area contributed by atoms with Gasteiger partial charge in [0.25, 0.3) is 0 Å². The zero-order chi connectivity index (χ0) is 12.4. The van der Waals surface area contributed by atoms with Gasteiger partial charge in [0.1, 0.15) is 5.60 Å². The van der Waals surface area contributed by atoms with Crippen molar-refractivity contribution in [2.45, 2.75) is 71.3 Å². The van der Waals surface area contributed by atoms with Crippen LogP contribution in [0.2, 0.25) is 0 Å². The number of carbonyl (C=O) groups excluding carboxylic acids is 1. The molecule has 0 rings (SSSR count). The predicted octanol–water partition coefficient (Wildman–Crippen LogP) is 3.05. The number of rotatable bonds is 9. The van der Waals surface area contributed by atoms with E-state index in [2.05, 4.69) is 13.8 Å². The van der Waals surface area contributed by atoms with Gasteiger partial charge in [-0.25, -0.2) is 0 Å². The van der Waals surface area contributed by atoms with Crippen LogP contribution in [0.5, 0.6) is 0 Å². The molecule has 96 valence electrons. The van der Waals surface area contributed by atoms with Crippen molar-refractivity contribution < 1.29 is 14.6 Å². The Labute approximate surface area is 99.2 Å². The largest absolute Gasteiger partial charge is 0.459 e. The molecule has 0 atom stereocenters. The van der Waals surface area contributed by atoms with Crippen molar-refractivity contribution in [2.24, 2.45) is 0 Å². The molecule has 0 radical (unpaired) electrons. The molecule has 0 spiro atoms. The predicted molar refractivity (Wildman–Crippen MR) is 65.2 cm³/mol. The maximum atomic E-state index is 11.2. The molecule has 3 nitrogen and oxygen atoms in total. The zero-order valence-corrected chi connectivity index (χ0v) is 10.9. The summed E-state index contributed by atoms with van der Waals surface area (Å²) in [6.07, 6.45) is 6.54. The van der Waals surface area contributed by atoms with Crippen molar-refractivity contribution in [1.29, 1.82) is 0 Å². The maximum absolute atomic E-state index is 11.2. The van der Waals surface area contributed by atoms with E-state index in [1.165, 1.54) is 6.92 Å². The SMILES string of the molecule is CCCCC(CCO)(CCCC)OC(C)=O. The Morgan fingerprint density at radius 3 is 1.94 bits per heavy atom. The summed E-state index contributed by atoms with van der Waals surface area (Å²) in [6, 6.07) is 0. The quantitative estimate of drug-likeness (QED) is 0.619. The van der Waals surface area contributed by atoms with Crippen LogP contribution < -0.4 is 0 Å². The molecule has 0 aliphatic heterocycles. The van der Waals surface area contributed by atoms with Gasteiger partial charge in [0, 0.05) is 20.0 Å². The number of aliphatic hydroxyl groups is 1. The second-order valence-electron chi connectivity index (χ2n) is 4.46. The standard InChI is InChI=1S/C13H26O3/c1-4-6-8-13(10-11-14,9-7-5-2)16-12(3)15/h14H,4-11H2,1-3H3. The van der Waals surface area contributed by atoms with Crippen molar-refractivity contribution in [1.82, 2.24) is 0 Å². The second-order valence-corrected chi connectivity index (χ2v) is 4.46. The molecule has 0 bridgehead atoms. The molecule has 16 heavy (non-hydrogen) atoms. The Bertz CT molecular complexity index is 182. The van der Waals surface area contributed by atoms with Gasteiger partial charge >= 0.3 is 5.97 Å². The lowest BCUT2D eigenvalue weighted by molar-refractivity contribution is -0.160. The number of unbranched alkanes of at least 4 members (excludes halogenated alkanes) is 2. The van der Waals surface area contributed by atoms with Crippen LogP contribution in [0.4, 0.5) is 0 Å². The summed E-state index contributed by atoms with van der Waals surface area (Å²) >= 11 is 0. The van der Waals surface area contributed by atoms with Crippen molar-refractivity contribution in [3.05, 3.63) is 0 Å². The van der Waals surface area contributed by atoms with Gasteiger partial charge in [0.15, 0.2) is 0 Å². The highest BCUT2D eigenvalue weighted by Crippen LogP contribution is 2.29. The van der Waals surface area contributed by atoms with E-state index in [-0.39, 0.29) is 12.6 Å². The fraction of sp³-hybridized carbons (Fsp3) is 0.923. The summed E-state index contributed by atoms with van der Waals surface area (Å²) in [6.45, 7) is 5.78. The van der Waals surface area contributed by atoms with Crippen LogP contribution in [-0.2, 0) is 9.53 Å². The van der Waals surface area contributed by atoms with Gasteiger partial charge in [-0.05, 0) is 25.7 Å². The van der Waals surface area contributed by atoms with Crippen LogP contribution >= 0.6 is 0 Å². The number of aliphatic hydroxyl groups excluding tert-OH is 1. The van der Waals surface area contributed by atoms with E-state index in [0.717, 1.165) is 38.5 Å². The Kier molecular flexibility index (Phi) is 8.26. The summed E-state index contributed by atoms with van der Waals surface area (Å²) in [5, 5.41) is 9.12. The summed E-state index contributed by atoms with van der Waals surface area (Å²) in [5.74, 6) is -0.236. The molecule has 1 N–H and O–H groups in total. The molecule has 0 aliphatic carbocycles. The van der Waals surface area contributed by atoms with E-state index >= 15 is 0 Å². The van der Waals surface area contributed by atoms with Crippen molar-refractivity contribution in [2.75, 3.05) is 6.61 Å². The smallest absolute Gasteiger partial charge is 0.303 e. The van der Waals surface area contributed by atoms with Crippen LogP contribution in [-0.4, -0.2) is 23.3 Å². The topological polar surface area (TPSA) is 46.5 Å². The fourth-order valence-corrected chi connectivity index (χ4v) is 2.03. The molecule has 0 aliphatic rings. The third-order valence-electron chi connectivity index (χ3n) is 2.90. The molecule has 0 aromatic heterocycles. The number of hydrogen-bond donors (Lipinski definition) is 1. The molecular weight excluding hydrogens is 204 g/mol. The van der Waals surface area contributed by atoms with E-state index < -0.39 is 5.60 Å². The number of esters is 1. The van der Waals surface area contributed by atoms with Gasteiger partial charge in [-0.15, -0.1) is 0 Å². The average molecular weight is 230 g/mol. The average Bonchev–Trinajstić information content (AvgIpc) is 2.23. The molecule has 0 unspecified atom stereocenters. The summed E-state index contributed by atoms with van der Waals surface area (Å²) < 4.78 is 5.48. The molecule has 0 heterocycles. The van der Waals surface area contributed by atoms with Gasteiger partial charge in [-0.1, -0.05) is 26.7 Å². The molecule has 3 heteroatoms. The summed E-state index contributed by atoms with van der Waals surface area (Å²) in [7, 11) is 0. The van der Waals surface area contributed by atoms with Crippen molar-refractivity contribution >= 4 is 5.97 Å². The van der Waals surface area contributed by atoms with Crippen molar-refractivity contribution in [3.63, 3.8) is 0 Å². The van der Waals surface area contributed by atoms with Gasteiger partial charge in [0.2, 0.25) is 0 Å². The van der Waals surface area contributed by atoms with E-state index in [4.69, 9.17) is 9.84 Å². The summed E-state index contributed by atoms with van der Waals surface area (Å²) in [4.78, 5) is 11.2. The maximum Gasteiger partial charge on any atom is 0.303 e. The Morgan fingerprint density at radius 1 is 1.12 bits per heavy atom. The number of ether oxygens (including phenoxy) is 1. The minimum atomic E-state index is -0.424. The first kappa shape index (κ1) is 15.4. The van der Waals surface area contributed by atoms with Crippen LogP contribution in [0, 0.1) is 0 Å². The third-order valence-corrected chi connectivity index (χ3v) is 2.90. The van der Waals surface area contributed by atoms with Crippen LogP contribution in [0.1, 0.15) is 65.7 Å². The van der Waals surface area contributed by atoms with Crippen LogP contribution in [0.25, 0.3) is 0 Å². The van der Waals surface area contributed by atoms with E-state index in [1.54, 1.807) is 0 Å². The number of hydrogen-bond acceptors (Lipinski definition) is 3. The Hall–Kier alpha value is -0.570. The first-order valence-corrected chi connectivity index (χ1v) is 6.40. The highest BCUT2D eigenvalue weighted by molar-refractivity contribution is 5.66. The van der Waals surface area contributed by atoms with E-state index in [9.17, 15) is 4.79 Å². The first-order chi connectivity index (χ1) is 7.60. The zero-order valence-electron chi connectivity index (χ0n) is 10.9. The van der Waals surface area contributed by atoms with Crippen LogP contribution in [0.15, 0.2) is 0 Å². The normalized spacial score (nSPS) is 11.5. The fourth-order valence-electron chi connectivity index (χ4n) is 2.03. The lowest BCUT2D eigenvalue weighted by atomic mass is 9.87. The second kappa shape index (κ2) is 8.57. The van der Waals surface area contributed by atoms with Gasteiger partial charge < -0.3 is 9.84 Å². The summed E-state index contributed by atoms with van der Waals surface area (Å²) in [5.41, 5.74) is -0.424. The van der Waals surface area contributed by atoms with E-state index in [1.807, 2.05) is 0 Å². The monoisotopic (exact) mass is 230 g/mol. The van der Waals surface area contributed by atoms with Crippen molar-refractivity contribution in [3.8, 4) is 0 Å². The molecule has 0 amide bonds. The number of carbonyl (C=O) groups is 1. The highest BCUT2D eigenvalue weighted by Gasteiger charge is 2.31. The Morgan fingerprint density at radius 2 is 1.62 bits per heavy atom. The minimum Gasteiger partial charge on any atom is -0.459 e. The highest BCUT2D eigenvalue weighted by atomic mass is 16.6. The molecule has 0 aromatic carbocycles. The van der Waals surface area contributed by atoms with Gasteiger partial charge in [-0.2, -0.15) is 0 Å². The molecular formula is C13H26O3. The molecule has 0 fully saturated rings. The van der Waals surface area contributed by atoms with Gasteiger partial charge in [-0.3, -0.25) is 4.79 Å². The minimum absolute atomic E-state index is 0.0840. The Balaban J connectivity index is 4.51. The molecule has 0 aromatic rings.